The van der Waals surface area contributed by atoms with Crippen molar-refractivity contribution in [3.05, 3.63) is 101 Å². The lowest BCUT2D eigenvalue weighted by Crippen LogP contribution is -2.27. The maximum Gasteiger partial charge on any atom is 0.252 e. The summed E-state index contributed by atoms with van der Waals surface area (Å²) in [6.45, 7) is 2.57. The molecule has 0 unspecified atom stereocenters. The topological polar surface area (TPSA) is 62.0 Å². The van der Waals surface area contributed by atoms with Gasteiger partial charge < -0.3 is 10.3 Å². The molecule has 4 rings (SSSR count). The van der Waals surface area contributed by atoms with E-state index >= 15 is 0 Å². The highest BCUT2D eigenvalue weighted by molar-refractivity contribution is 7.99. The van der Waals surface area contributed by atoms with Crippen molar-refractivity contribution >= 4 is 34.4 Å². The number of hydrogen-bond donors (Lipinski definition) is 2. The van der Waals surface area contributed by atoms with E-state index in [1.807, 2.05) is 30.3 Å². The highest BCUT2D eigenvalue weighted by Gasteiger charge is 2.17. The molecule has 3 aromatic carbocycles. The molecular formula is C25H22N2O2S. The van der Waals surface area contributed by atoms with Crippen LogP contribution in [0, 0.1) is 6.92 Å². The van der Waals surface area contributed by atoms with Gasteiger partial charge in [-0.2, -0.15) is 0 Å². The van der Waals surface area contributed by atoms with E-state index in [1.165, 1.54) is 10.3 Å². The number of para-hydroxylation sites is 1. The molecule has 1 amide bonds. The van der Waals surface area contributed by atoms with Crippen LogP contribution in [-0.4, -0.2) is 29.0 Å². The van der Waals surface area contributed by atoms with E-state index < -0.39 is 0 Å². The standard InChI is InChI=1S/C25H22N2O2S/c1-17-24(21-13-7-8-14-22(21)27-17)30-16-15-26-25(29)20-12-6-5-11-19(20)23(28)18-9-3-2-4-10-18/h2-14,27H,15-16H2,1H3,(H,26,29). The van der Waals surface area contributed by atoms with Crippen molar-refractivity contribution in [3.63, 3.8) is 0 Å². The third-order valence-electron chi connectivity index (χ3n) is 4.92. The summed E-state index contributed by atoms with van der Waals surface area (Å²) in [4.78, 5) is 30.2. The van der Waals surface area contributed by atoms with Crippen molar-refractivity contribution < 1.29 is 9.59 Å². The third-order valence-corrected chi connectivity index (χ3v) is 6.14. The van der Waals surface area contributed by atoms with Crippen LogP contribution in [0.1, 0.15) is 32.0 Å². The van der Waals surface area contributed by atoms with Gasteiger partial charge in [-0.3, -0.25) is 9.59 Å². The van der Waals surface area contributed by atoms with Crippen LogP contribution >= 0.6 is 11.8 Å². The fourth-order valence-electron chi connectivity index (χ4n) is 3.47. The summed E-state index contributed by atoms with van der Waals surface area (Å²) in [6.07, 6.45) is 0. The number of nitrogens with one attached hydrogen (secondary N) is 2. The minimum absolute atomic E-state index is 0.148. The first kappa shape index (κ1) is 20.0. The van der Waals surface area contributed by atoms with Gasteiger partial charge in [0.15, 0.2) is 5.78 Å². The largest absolute Gasteiger partial charge is 0.358 e. The fourth-order valence-corrected chi connectivity index (χ4v) is 4.48. The van der Waals surface area contributed by atoms with E-state index in [9.17, 15) is 9.59 Å². The first-order chi connectivity index (χ1) is 14.6. The quantitative estimate of drug-likeness (QED) is 0.247. The number of aromatic nitrogens is 1. The van der Waals surface area contributed by atoms with Crippen molar-refractivity contribution in [2.75, 3.05) is 12.3 Å². The fraction of sp³-hybridized carbons (Fsp3) is 0.120. The molecule has 0 radical (unpaired) electrons. The number of H-pyrrole nitrogens is 1. The van der Waals surface area contributed by atoms with Gasteiger partial charge in [-0.1, -0.05) is 66.7 Å². The second-order valence-electron chi connectivity index (χ2n) is 6.97. The van der Waals surface area contributed by atoms with Crippen molar-refractivity contribution in [2.45, 2.75) is 11.8 Å². The lowest BCUT2D eigenvalue weighted by atomic mass is 9.98. The average molecular weight is 415 g/mol. The summed E-state index contributed by atoms with van der Waals surface area (Å²) < 4.78 is 0. The molecule has 4 nitrogen and oxygen atoms in total. The van der Waals surface area contributed by atoms with Gasteiger partial charge in [0.1, 0.15) is 0 Å². The second kappa shape index (κ2) is 9.01. The molecule has 0 bridgehead atoms. The number of amides is 1. The Morgan fingerprint density at radius 1 is 0.867 bits per heavy atom. The Labute approximate surface area is 179 Å². The highest BCUT2D eigenvalue weighted by Crippen LogP contribution is 2.30. The van der Waals surface area contributed by atoms with Crippen LogP contribution in [0.3, 0.4) is 0 Å². The van der Waals surface area contributed by atoms with Crippen molar-refractivity contribution in [2.24, 2.45) is 0 Å². The molecule has 150 valence electrons. The third kappa shape index (κ3) is 4.16. The Balaban J connectivity index is 1.41. The number of thioether (sulfide) groups is 1. The van der Waals surface area contributed by atoms with Gasteiger partial charge in [-0.25, -0.2) is 0 Å². The highest BCUT2D eigenvalue weighted by atomic mass is 32.2. The van der Waals surface area contributed by atoms with Gasteiger partial charge in [-0.05, 0) is 19.1 Å². The SMILES string of the molecule is Cc1[nH]c2ccccc2c1SCCNC(=O)c1ccccc1C(=O)c1ccccc1. The van der Waals surface area contributed by atoms with E-state index in [0.29, 0.717) is 23.2 Å². The first-order valence-electron chi connectivity index (χ1n) is 9.82. The zero-order chi connectivity index (χ0) is 20.9. The van der Waals surface area contributed by atoms with Crippen molar-refractivity contribution in [1.29, 1.82) is 0 Å². The van der Waals surface area contributed by atoms with E-state index in [2.05, 4.69) is 29.4 Å². The van der Waals surface area contributed by atoms with Crippen LogP contribution in [0.4, 0.5) is 0 Å². The number of hydrogen-bond acceptors (Lipinski definition) is 3. The molecular weight excluding hydrogens is 392 g/mol. The minimum Gasteiger partial charge on any atom is -0.358 e. The Morgan fingerprint density at radius 3 is 2.33 bits per heavy atom. The molecule has 0 aliphatic heterocycles. The maximum atomic E-state index is 12.8. The summed E-state index contributed by atoms with van der Waals surface area (Å²) in [5, 5.41) is 4.15. The van der Waals surface area contributed by atoms with Crippen LogP contribution in [0.25, 0.3) is 10.9 Å². The lowest BCUT2D eigenvalue weighted by Gasteiger charge is -2.10. The molecule has 5 heteroatoms. The number of aromatic amines is 1. The summed E-state index contributed by atoms with van der Waals surface area (Å²) >= 11 is 1.71. The van der Waals surface area contributed by atoms with Gasteiger partial charge in [0.25, 0.3) is 5.91 Å². The molecule has 4 aromatic rings. The number of carbonyl (C=O) groups excluding carboxylic acids is 2. The van der Waals surface area contributed by atoms with E-state index in [1.54, 1.807) is 48.2 Å². The van der Waals surface area contributed by atoms with Gasteiger partial charge in [0.05, 0.1) is 5.56 Å². The normalized spacial score (nSPS) is 10.8. The number of carbonyl (C=O) groups is 2. The number of aryl methyl sites for hydroxylation is 1. The van der Waals surface area contributed by atoms with Gasteiger partial charge in [0, 0.05) is 44.9 Å². The molecule has 0 aliphatic rings. The summed E-state index contributed by atoms with van der Waals surface area (Å²) in [6, 6.07) is 24.2. The molecule has 1 aromatic heterocycles. The molecule has 0 saturated heterocycles. The van der Waals surface area contributed by atoms with Gasteiger partial charge in [-0.15, -0.1) is 11.8 Å². The Hall–Kier alpha value is -3.31. The van der Waals surface area contributed by atoms with Gasteiger partial charge >= 0.3 is 0 Å². The minimum atomic E-state index is -0.230. The lowest BCUT2D eigenvalue weighted by molar-refractivity contribution is 0.0944. The molecule has 0 spiro atoms. The van der Waals surface area contributed by atoms with E-state index in [0.717, 1.165) is 17.0 Å². The maximum absolute atomic E-state index is 12.8. The Bertz CT molecular complexity index is 1200. The zero-order valence-electron chi connectivity index (χ0n) is 16.6. The molecule has 2 N–H and O–H groups in total. The summed E-state index contributed by atoms with van der Waals surface area (Å²) in [5.41, 5.74) is 3.64. The molecule has 1 heterocycles. The predicted molar refractivity (Wildman–Crippen MR) is 122 cm³/mol. The molecule has 0 fully saturated rings. The van der Waals surface area contributed by atoms with E-state index in [-0.39, 0.29) is 11.7 Å². The van der Waals surface area contributed by atoms with Crippen LogP contribution in [0.15, 0.2) is 83.8 Å². The molecule has 0 atom stereocenters. The Kier molecular flexibility index (Phi) is 6.00. The second-order valence-corrected chi connectivity index (χ2v) is 8.07. The molecule has 30 heavy (non-hydrogen) atoms. The number of fused-ring (bicyclic) bond motifs is 1. The van der Waals surface area contributed by atoms with Crippen molar-refractivity contribution in [3.8, 4) is 0 Å². The molecule has 0 aliphatic carbocycles. The summed E-state index contributed by atoms with van der Waals surface area (Å²) in [5.74, 6) is 0.361. The smallest absolute Gasteiger partial charge is 0.252 e. The van der Waals surface area contributed by atoms with Gasteiger partial charge in [0.2, 0.25) is 0 Å². The first-order valence-corrected chi connectivity index (χ1v) is 10.8. The van der Waals surface area contributed by atoms with Crippen LogP contribution in [0.5, 0.6) is 0 Å². The van der Waals surface area contributed by atoms with Crippen LogP contribution < -0.4 is 5.32 Å². The predicted octanol–water partition coefficient (Wildman–Crippen LogP) is 5.23. The van der Waals surface area contributed by atoms with E-state index in [4.69, 9.17) is 0 Å². The zero-order valence-corrected chi connectivity index (χ0v) is 17.5. The average Bonchev–Trinajstić information content (AvgIpc) is 3.11. The van der Waals surface area contributed by atoms with Crippen LogP contribution in [0.2, 0.25) is 0 Å². The monoisotopic (exact) mass is 414 g/mol. The number of ketones is 1. The summed E-state index contributed by atoms with van der Waals surface area (Å²) in [7, 11) is 0. The van der Waals surface area contributed by atoms with Crippen LogP contribution in [-0.2, 0) is 0 Å². The number of benzene rings is 3. The Morgan fingerprint density at radius 2 is 1.53 bits per heavy atom. The van der Waals surface area contributed by atoms with Crippen molar-refractivity contribution in [1.82, 2.24) is 10.3 Å². The molecule has 0 saturated carbocycles. The number of rotatable bonds is 7.